The second-order valence-corrected chi connectivity index (χ2v) is 5.94. The third-order valence-electron chi connectivity index (χ3n) is 3.67. The number of halogens is 1. The van der Waals surface area contributed by atoms with E-state index in [0.29, 0.717) is 6.04 Å². The summed E-state index contributed by atoms with van der Waals surface area (Å²) in [5.41, 5.74) is 0. The van der Waals surface area contributed by atoms with Crippen molar-refractivity contribution in [2.24, 2.45) is 0 Å². The maximum Gasteiger partial charge on any atom is 0.169 e. The first-order valence-electron chi connectivity index (χ1n) is 6.53. The highest BCUT2D eigenvalue weighted by Gasteiger charge is 2.31. The molecule has 4 heteroatoms. The molecule has 2 aliphatic rings. The van der Waals surface area contributed by atoms with Crippen molar-refractivity contribution in [2.45, 2.75) is 44.3 Å². The molecule has 0 radical (unpaired) electrons. The number of hydrogen-bond donors (Lipinski definition) is 1. The van der Waals surface area contributed by atoms with Gasteiger partial charge in [0.1, 0.15) is 5.76 Å². The first-order valence-corrected chi connectivity index (χ1v) is 7.32. The summed E-state index contributed by atoms with van der Waals surface area (Å²) in [5, 5.41) is 3.58. The quantitative estimate of drug-likeness (QED) is 0.906. The fourth-order valence-electron chi connectivity index (χ4n) is 2.61. The van der Waals surface area contributed by atoms with Crippen LogP contribution in [0.25, 0.3) is 0 Å². The van der Waals surface area contributed by atoms with Crippen LogP contribution in [0, 0.1) is 0 Å². The lowest BCUT2D eigenvalue weighted by atomic mass is 10.2. The summed E-state index contributed by atoms with van der Waals surface area (Å²) in [6, 6.07) is 5.53. The molecule has 2 heterocycles. The van der Waals surface area contributed by atoms with Crippen LogP contribution < -0.4 is 5.32 Å². The first-order chi connectivity index (χ1) is 8.31. The fourth-order valence-corrected chi connectivity index (χ4v) is 2.95. The van der Waals surface area contributed by atoms with Gasteiger partial charge >= 0.3 is 0 Å². The average Bonchev–Trinajstić information content (AvgIpc) is 2.89. The molecule has 94 valence electrons. The maximum atomic E-state index is 5.61. The minimum Gasteiger partial charge on any atom is -0.453 e. The Balaban J connectivity index is 1.59. The van der Waals surface area contributed by atoms with Gasteiger partial charge in [0.2, 0.25) is 0 Å². The molecule has 1 aliphatic carbocycles. The molecule has 1 aliphatic heterocycles. The Morgan fingerprint density at radius 3 is 2.82 bits per heavy atom. The predicted octanol–water partition coefficient (Wildman–Crippen LogP) is 2.76. The van der Waals surface area contributed by atoms with Crippen molar-refractivity contribution in [3.8, 4) is 0 Å². The minimum atomic E-state index is 0.689. The van der Waals surface area contributed by atoms with Gasteiger partial charge in [-0.1, -0.05) is 0 Å². The molecule has 1 N–H and O–H groups in total. The molecule has 1 aromatic heterocycles. The van der Waals surface area contributed by atoms with Crippen LogP contribution in [0.3, 0.4) is 0 Å². The Morgan fingerprint density at radius 1 is 1.35 bits per heavy atom. The molecule has 0 aromatic carbocycles. The van der Waals surface area contributed by atoms with Crippen molar-refractivity contribution in [1.29, 1.82) is 0 Å². The van der Waals surface area contributed by atoms with Crippen LogP contribution in [0.1, 0.15) is 31.4 Å². The van der Waals surface area contributed by atoms with E-state index in [4.69, 9.17) is 4.42 Å². The van der Waals surface area contributed by atoms with Gasteiger partial charge in [-0.15, -0.1) is 0 Å². The molecule has 1 unspecified atom stereocenters. The standard InChI is InChI=1S/C13H19BrN2O/c14-13-6-5-12(17-13)9-16(11-3-4-11)8-10-2-1-7-15-10/h5-6,10-11,15H,1-4,7-9H2. The Labute approximate surface area is 111 Å². The zero-order valence-corrected chi connectivity index (χ0v) is 11.6. The molecular formula is C13H19BrN2O. The molecule has 0 amide bonds. The molecular weight excluding hydrogens is 280 g/mol. The van der Waals surface area contributed by atoms with Crippen molar-refractivity contribution < 1.29 is 4.42 Å². The van der Waals surface area contributed by atoms with Crippen molar-refractivity contribution in [2.75, 3.05) is 13.1 Å². The smallest absolute Gasteiger partial charge is 0.169 e. The number of nitrogens with zero attached hydrogens (tertiary/aromatic N) is 1. The Morgan fingerprint density at radius 2 is 2.24 bits per heavy atom. The van der Waals surface area contributed by atoms with Crippen molar-refractivity contribution in [3.05, 3.63) is 22.6 Å². The average molecular weight is 299 g/mol. The molecule has 1 saturated carbocycles. The Kier molecular flexibility index (Phi) is 3.54. The van der Waals surface area contributed by atoms with E-state index < -0.39 is 0 Å². The molecule has 0 bridgehead atoms. The van der Waals surface area contributed by atoms with Crippen LogP contribution in [0.4, 0.5) is 0 Å². The second kappa shape index (κ2) is 5.12. The summed E-state index contributed by atoms with van der Waals surface area (Å²) in [4.78, 5) is 2.58. The van der Waals surface area contributed by atoms with E-state index in [-0.39, 0.29) is 0 Å². The number of nitrogens with one attached hydrogen (secondary N) is 1. The third kappa shape index (κ3) is 3.12. The van der Waals surface area contributed by atoms with E-state index in [2.05, 4.69) is 32.2 Å². The zero-order valence-electron chi connectivity index (χ0n) is 9.99. The van der Waals surface area contributed by atoms with Crippen LogP contribution >= 0.6 is 15.9 Å². The third-order valence-corrected chi connectivity index (χ3v) is 4.09. The van der Waals surface area contributed by atoms with Crippen molar-refractivity contribution in [3.63, 3.8) is 0 Å². The van der Waals surface area contributed by atoms with Gasteiger partial charge in [-0.3, -0.25) is 4.90 Å². The van der Waals surface area contributed by atoms with E-state index in [0.717, 1.165) is 23.0 Å². The SMILES string of the molecule is Brc1ccc(CN(CC2CCCN2)C2CC2)o1. The fraction of sp³-hybridized carbons (Fsp3) is 0.692. The predicted molar refractivity (Wildman–Crippen MR) is 70.9 cm³/mol. The van der Waals surface area contributed by atoms with Gasteiger partial charge in [0, 0.05) is 18.6 Å². The van der Waals surface area contributed by atoms with Gasteiger partial charge in [0.25, 0.3) is 0 Å². The molecule has 1 saturated heterocycles. The van der Waals surface area contributed by atoms with Crippen molar-refractivity contribution >= 4 is 15.9 Å². The lowest BCUT2D eigenvalue weighted by Crippen LogP contribution is -2.38. The highest BCUT2D eigenvalue weighted by Crippen LogP contribution is 2.29. The van der Waals surface area contributed by atoms with Gasteiger partial charge in [-0.05, 0) is 60.3 Å². The van der Waals surface area contributed by atoms with E-state index >= 15 is 0 Å². The summed E-state index contributed by atoms with van der Waals surface area (Å²) in [5.74, 6) is 1.07. The van der Waals surface area contributed by atoms with Crippen LogP contribution in [-0.2, 0) is 6.54 Å². The number of furan rings is 1. The molecule has 3 rings (SSSR count). The van der Waals surface area contributed by atoms with Gasteiger partial charge < -0.3 is 9.73 Å². The van der Waals surface area contributed by atoms with Gasteiger partial charge in [-0.2, -0.15) is 0 Å². The molecule has 1 aromatic rings. The van der Waals surface area contributed by atoms with E-state index in [1.807, 2.05) is 6.07 Å². The van der Waals surface area contributed by atoms with Crippen molar-refractivity contribution in [1.82, 2.24) is 10.2 Å². The number of rotatable bonds is 5. The lowest BCUT2D eigenvalue weighted by molar-refractivity contribution is 0.213. The molecule has 0 spiro atoms. The topological polar surface area (TPSA) is 28.4 Å². The molecule has 3 nitrogen and oxygen atoms in total. The largest absolute Gasteiger partial charge is 0.453 e. The van der Waals surface area contributed by atoms with Gasteiger partial charge in [0.15, 0.2) is 4.67 Å². The highest BCUT2D eigenvalue weighted by atomic mass is 79.9. The van der Waals surface area contributed by atoms with Crippen LogP contribution in [0.5, 0.6) is 0 Å². The summed E-state index contributed by atoms with van der Waals surface area (Å²) >= 11 is 3.37. The van der Waals surface area contributed by atoms with Crippen LogP contribution in [-0.4, -0.2) is 30.1 Å². The minimum absolute atomic E-state index is 0.689. The first kappa shape index (κ1) is 11.8. The second-order valence-electron chi connectivity index (χ2n) is 5.16. The Hall–Kier alpha value is -0.320. The van der Waals surface area contributed by atoms with E-state index in [1.54, 1.807) is 0 Å². The summed E-state index contributed by atoms with van der Waals surface area (Å²) in [7, 11) is 0. The maximum absolute atomic E-state index is 5.61. The van der Waals surface area contributed by atoms with Gasteiger partial charge in [0.05, 0.1) is 6.54 Å². The zero-order chi connectivity index (χ0) is 11.7. The lowest BCUT2D eigenvalue weighted by Gasteiger charge is -2.24. The monoisotopic (exact) mass is 298 g/mol. The van der Waals surface area contributed by atoms with Crippen LogP contribution in [0.15, 0.2) is 21.2 Å². The highest BCUT2D eigenvalue weighted by molar-refractivity contribution is 9.10. The van der Waals surface area contributed by atoms with E-state index in [1.165, 1.54) is 38.8 Å². The van der Waals surface area contributed by atoms with Gasteiger partial charge in [-0.25, -0.2) is 0 Å². The van der Waals surface area contributed by atoms with E-state index in [9.17, 15) is 0 Å². The number of hydrogen-bond acceptors (Lipinski definition) is 3. The van der Waals surface area contributed by atoms with Crippen LogP contribution in [0.2, 0.25) is 0 Å². The molecule has 2 fully saturated rings. The summed E-state index contributed by atoms with van der Waals surface area (Å²) in [6.07, 6.45) is 5.36. The Bertz CT molecular complexity index is 369. The summed E-state index contributed by atoms with van der Waals surface area (Å²) < 4.78 is 6.45. The normalized spacial score (nSPS) is 24.7. The molecule has 1 atom stereocenters. The summed E-state index contributed by atoms with van der Waals surface area (Å²) in [6.45, 7) is 3.31. The molecule has 17 heavy (non-hydrogen) atoms.